The molecule has 0 aromatic heterocycles. The monoisotopic (exact) mass is 355 g/mol. The van der Waals surface area contributed by atoms with Gasteiger partial charge < -0.3 is 10.2 Å². The van der Waals surface area contributed by atoms with Gasteiger partial charge in [0.1, 0.15) is 0 Å². The van der Waals surface area contributed by atoms with Crippen LogP contribution in [-0.2, 0) is 12.7 Å². The van der Waals surface area contributed by atoms with Gasteiger partial charge in [0.2, 0.25) is 0 Å². The van der Waals surface area contributed by atoms with Crippen molar-refractivity contribution in [3.63, 3.8) is 0 Å². The molecule has 138 valence electrons. The Kier molecular flexibility index (Phi) is 5.51. The molecule has 1 N–H and O–H groups in total. The Morgan fingerprint density at radius 3 is 2.56 bits per heavy atom. The van der Waals surface area contributed by atoms with Crippen molar-refractivity contribution in [3.05, 3.63) is 35.4 Å². The summed E-state index contributed by atoms with van der Waals surface area (Å²) in [6.07, 6.45) is 0.209. The molecule has 0 spiro atoms. The fraction of sp³-hybridized carbons (Fsp3) is 0.611. The lowest BCUT2D eigenvalue weighted by Gasteiger charge is -2.32. The molecule has 1 aromatic carbocycles. The van der Waals surface area contributed by atoms with Crippen LogP contribution in [0.25, 0.3) is 0 Å². The van der Waals surface area contributed by atoms with Gasteiger partial charge >= 0.3 is 12.2 Å². The van der Waals surface area contributed by atoms with E-state index in [4.69, 9.17) is 0 Å². The summed E-state index contributed by atoms with van der Waals surface area (Å²) < 4.78 is 39.0. The van der Waals surface area contributed by atoms with Crippen molar-refractivity contribution in [2.75, 3.05) is 26.2 Å². The van der Waals surface area contributed by atoms with E-state index >= 15 is 0 Å². The third-order valence-electron chi connectivity index (χ3n) is 5.11. The fourth-order valence-corrected chi connectivity index (χ4v) is 3.74. The van der Waals surface area contributed by atoms with Crippen LogP contribution in [0.2, 0.25) is 0 Å². The van der Waals surface area contributed by atoms with Gasteiger partial charge in [0.05, 0.1) is 5.56 Å². The number of carbonyl (C=O) groups is 1. The summed E-state index contributed by atoms with van der Waals surface area (Å²) in [7, 11) is 0. The Labute approximate surface area is 146 Å². The number of hydrogen-bond acceptors (Lipinski definition) is 2. The minimum absolute atomic E-state index is 0.0927. The number of piperidine rings is 1. The summed E-state index contributed by atoms with van der Waals surface area (Å²) in [4.78, 5) is 16.5. The summed E-state index contributed by atoms with van der Waals surface area (Å²) in [5, 5.41) is 2.65. The van der Waals surface area contributed by atoms with Crippen molar-refractivity contribution in [1.29, 1.82) is 0 Å². The number of halogens is 3. The minimum Gasteiger partial charge on any atom is -0.334 e. The normalized spacial score (nSPS) is 22.2. The second-order valence-electron chi connectivity index (χ2n) is 6.80. The van der Waals surface area contributed by atoms with E-state index in [0.717, 1.165) is 25.6 Å². The summed E-state index contributed by atoms with van der Waals surface area (Å²) in [5.41, 5.74) is -0.599. The Bertz CT molecular complexity index is 599. The van der Waals surface area contributed by atoms with Gasteiger partial charge in [-0.15, -0.1) is 0 Å². The van der Waals surface area contributed by atoms with E-state index in [1.165, 1.54) is 31.4 Å². The van der Waals surface area contributed by atoms with Crippen LogP contribution in [0, 0.1) is 0 Å². The number of likely N-dealkylation sites (tertiary alicyclic amines) is 2. The highest BCUT2D eigenvalue weighted by atomic mass is 19.4. The highest BCUT2D eigenvalue weighted by Gasteiger charge is 2.34. The van der Waals surface area contributed by atoms with Crippen LogP contribution < -0.4 is 5.32 Å². The van der Waals surface area contributed by atoms with Crippen LogP contribution in [0.3, 0.4) is 0 Å². The number of hydrogen-bond donors (Lipinski definition) is 1. The van der Waals surface area contributed by atoms with Gasteiger partial charge in [-0.1, -0.05) is 24.6 Å². The van der Waals surface area contributed by atoms with E-state index < -0.39 is 11.7 Å². The summed E-state index contributed by atoms with van der Waals surface area (Å²) in [6.45, 7) is 3.37. The zero-order chi connectivity index (χ0) is 17.9. The lowest BCUT2D eigenvalue weighted by molar-refractivity contribution is -0.138. The number of alkyl halides is 3. The Balaban J connectivity index is 1.54. The molecule has 1 atom stereocenters. The third kappa shape index (κ3) is 4.45. The molecule has 7 heteroatoms. The molecule has 2 fully saturated rings. The molecule has 0 radical (unpaired) electrons. The average molecular weight is 355 g/mol. The SMILES string of the molecule is O=C(NCc1ccccc1C(F)(F)F)N1CC[C@H](N2CCCCC2)C1. The molecule has 0 aliphatic carbocycles. The smallest absolute Gasteiger partial charge is 0.334 e. The van der Waals surface area contributed by atoms with Crippen LogP contribution in [-0.4, -0.2) is 48.1 Å². The molecule has 3 rings (SSSR count). The maximum absolute atomic E-state index is 13.0. The van der Waals surface area contributed by atoms with Crippen molar-refractivity contribution in [2.24, 2.45) is 0 Å². The maximum Gasteiger partial charge on any atom is 0.416 e. The number of benzene rings is 1. The summed E-state index contributed by atoms with van der Waals surface area (Å²) >= 11 is 0. The van der Waals surface area contributed by atoms with Crippen LogP contribution >= 0.6 is 0 Å². The van der Waals surface area contributed by atoms with Gasteiger partial charge in [-0.05, 0) is 44.0 Å². The maximum atomic E-state index is 13.0. The molecule has 2 aliphatic heterocycles. The molecular weight excluding hydrogens is 331 g/mol. The number of amides is 2. The minimum atomic E-state index is -4.41. The van der Waals surface area contributed by atoms with Crippen molar-refractivity contribution in [1.82, 2.24) is 15.1 Å². The molecule has 2 amide bonds. The molecule has 0 saturated carbocycles. The lowest BCUT2D eigenvalue weighted by Crippen LogP contribution is -2.43. The summed E-state index contributed by atoms with van der Waals surface area (Å²) in [5.74, 6) is 0. The van der Waals surface area contributed by atoms with Crippen LogP contribution in [0.15, 0.2) is 24.3 Å². The number of carbonyl (C=O) groups excluding carboxylic acids is 1. The number of rotatable bonds is 3. The molecule has 2 aliphatic rings. The van der Waals surface area contributed by atoms with Crippen molar-refractivity contribution in [2.45, 2.75) is 44.4 Å². The second-order valence-corrected chi connectivity index (χ2v) is 6.80. The Morgan fingerprint density at radius 2 is 1.84 bits per heavy atom. The van der Waals surface area contributed by atoms with Crippen LogP contribution in [0.4, 0.5) is 18.0 Å². The van der Waals surface area contributed by atoms with Gasteiger partial charge in [0.15, 0.2) is 0 Å². The highest BCUT2D eigenvalue weighted by Crippen LogP contribution is 2.31. The first kappa shape index (κ1) is 18.0. The molecule has 2 heterocycles. The molecular formula is C18H24F3N3O. The lowest BCUT2D eigenvalue weighted by atomic mass is 10.1. The van der Waals surface area contributed by atoms with E-state index in [1.807, 2.05) is 0 Å². The van der Waals surface area contributed by atoms with E-state index in [1.54, 1.807) is 11.0 Å². The average Bonchev–Trinajstić information content (AvgIpc) is 3.10. The zero-order valence-corrected chi connectivity index (χ0v) is 14.2. The van der Waals surface area contributed by atoms with Crippen LogP contribution in [0.5, 0.6) is 0 Å². The molecule has 0 bridgehead atoms. The summed E-state index contributed by atoms with van der Waals surface area (Å²) in [6, 6.07) is 5.47. The zero-order valence-electron chi connectivity index (χ0n) is 14.2. The van der Waals surface area contributed by atoms with Crippen LogP contribution in [0.1, 0.15) is 36.8 Å². The van der Waals surface area contributed by atoms with Gasteiger partial charge in [-0.3, -0.25) is 4.90 Å². The highest BCUT2D eigenvalue weighted by molar-refractivity contribution is 5.74. The Morgan fingerprint density at radius 1 is 1.12 bits per heavy atom. The Hall–Kier alpha value is -1.76. The molecule has 4 nitrogen and oxygen atoms in total. The quantitative estimate of drug-likeness (QED) is 0.901. The van der Waals surface area contributed by atoms with Crippen molar-refractivity contribution >= 4 is 6.03 Å². The first-order valence-electron chi connectivity index (χ1n) is 8.87. The number of nitrogens with zero attached hydrogens (tertiary/aromatic N) is 2. The van der Waals surface area contributed by atoms with Gasteiger partial charge in [-0.2, -0.15) is 13.2 Å². The topological polar surface area (TPSA) is 35.6 Å². The van der Waals surface area contributed by atoms with E-state index in [9.17, 15) is 18.0 Å². The van der Waals surface area contributed by atoms with Crippen molar-refractivity contribution in [3.8, 4) is 0 Å². The van der Waals surface area contributed by atoms with E-state index in [2.05, 4.69) is 10.2 Å². The van der Waals surface area contributed by atoms with E-state index in [0.29, 0.717) is 19.1 Å². The van der Waals surface area contributed by atoms with Crippen molar-refractivity contribution < 1.29 is 18.0 Å². The predicted molar refractivity (Wildman–Crippen MR) is 89.1 cm³/mol. The first-order chi connectivity index (χ1) is 11.9. The predicted octanol–water partition coefficient (Wildman–Crippen LogP) is 3.48. The van der Waals surface area contributed by atoms with Gasteiger partial charge in [0.25, 0.3) is 0 Å². The third-order valence-corrected chi connectivity index (χ3v) is 5.11. The number of urea groups is 1. The number of nitrogens with one attached hydrogen (secondary N) is 1. The first-order valence-corrected chi connectivity index (χ1v) is 8.87. The van der Waals surface area contributed by atoms with Gasteiger partial charge in [-0.25, -0.2) is 4.79 Å². The van der Waals surface area contributed by atoms with E-state index in [-0.39, 0.29) is 18.1 Å². The largest absolute Gasteiger partial charge is 0.416 e. The molecule has 0 unspecified atom stereocenters. The fourth-order valence-electron chi connectivity index (χ4n) is 3.74. The molecule has 2 saturated heterocycles. The second kappa shape index (κ2) is 7.64. The standard InChI is InChI=1S/C18H24F3N3O/c19-18(20,21)16-7-3-2-6-14(16)12-22-17(25)24-11-8-15(13-24)23-9-4-1-5-10-23/h2-3,6-7,15H,1,4-5,8-13H2,(H,22,25)/t15-/m0/s1. The molecule has 1 aromatic rings. The van der Waals surface area contributed by atoms with Gasteiger partial charge in [0, 0.05) is 25.7 Å². The molecule has 25 heavy (non-hydrogen) atoms.